The summed E-state index contributed by atoms with van der Waals surface area (Å²) in [6, 6.07) is -1.12. The van der Waals surface area contributed by atoms with Crippen molar-refractivity contribution in [1.29, 1.82) is 0 Å². The van der Waals surface area contributed by atoms with E-state index in [1.54, 1.807) is 41.5 Å². The van der Waals surface area contributed by atoms with E-state index >= 15 is 0 Å². The molecule has 0 saturated carbocycles. The summed E-state index contributed by atoms with van der Waals surface area (Å²) in [6.07, 6.45) is -2.59. The fourth-order valence-electron chi connectivity index (χ4n) is 1.66. The zero-order chi connectivity index (χ0) is 20.1. The number of hydrogen-bond acceptors (Lipinski definition) is 6. The number of likely N-dealkylation sites (N-methyl/N-ethyl adjacent to an activating group) is 1. The van der Waals surface area contributed by atoms with Crippen LogP contribution in [0, 0.1) is 0 Å². The van der Waals surface area contributed by atoms with E-state index in [-0.39, 0.29) is 0 Å². The second-order valence-corrected chi connectivity index (χ2v) is 7.78. The van der Waals surface area contributed by atoms with Crippen molar-refractivity contribution in [3.8, 4) is 0 Å². The van der Waals surface area contributed by atoms with Crippen molar-refractivity contribution in [3.63, 3.8) is 0 Å². The Hall–Kier alpha value is -1.64. The van der Waals surface area contributed by atoms with Gasteiger partial charge in [0.05, 0.1) is 12.6 Å². The van der Waals surface area contributed by atoms with E-state index in [0.29, 0.717) is 0 Å². The molecule has 0 aliphatic heterocycles. The van der Waals surface area contributed by atoms with Crippen LogP contribution in [-0.4, -0.2) is 60.5 Å². The molecule has 0 spiro atoms. The van der Waals surface area contributed by atoms with Crippen LogP contribution >= 0.6 is 0 Å². The molecule has 1 atom stereocenters. The van der Waals surface area contributed by atoms with Crippen molar-refractivity contribution in [2.24, 2.45) is 5.73 Å². The Balaban J connectivity index is 5.04. The number of ether oxygens (including phenoxy) is 3. The molecule has 0 saturated heterocycles. The number of carbonyl (C=O) groups is 2. The lowest BCUT2D eigenvalue weighted by molar-refractivity contribution is -0.0519. The van der Waals surface area contributed by atoms with Crippen molar-refractivity contribution < 1.29 is 32.6 Å². The van der Waals surface area contributed by atoms with Gasteiger partial charge in [0.15, 0.2) is 0 Å². The van der Waals surface area contributed by atoms with Crippen LogP contribution in [-0.2, 0) is 14.2 Å². The highest BCUT2D eigenvalue weighted by Crippen LogP contribution is 2.23. The Labute approximate surface area is 147 Å². The van der Waals surface area contributed by atoms with E-state index in [2.05, 4.69) is 0 Å². The topological polar surface area (TPSA) is 91.1 Å². The summed E-state index contributed by atoms with van der Waals surface area (Å²) in [7, 11) is 1.30. The maximum absolute atomic E-state index is 13.7. The van der Waals surface area contributed by atoms with Crippen molar-refractivity contribution >= 4 is 12.2 Å². The maximum Gasteiger partial charge on any atom is 0.508 e. The van der Waals surface area contributed by atoms with Gasteiger partial charge in [0.2, 0.25) is 0 Å². The van der Waals surface area contributed by atoms with Crippen molar-refractivity contribution in [1.82, 2.24) is 4.90 Å². The molecule has 0 aromatic heterocycles. The number of amides is 1. The molecule has 0 radical (unpaired) electrons. The molecule has 7 nitrogen and oxygen atoms in total. The lowest BCUT2D eigenvalue weighted by atomic mass is 10.1. The number of nitrogens with zero attached hydrogens (tertiary/aromatic N) is 1. The smallest absolute Gasteiger partial charge is 0.444 e. The molecule has 0 bridgehead atoms. The monoisotopic (exact) mass is 368 g/mol. The summed E-state index contributed by atoms with van der Waals surface area (Å²) in [6.45, 7) is 8.51. The number of carbonyl (C=O) groups excluding carboxylic acids is 2. The average molecular weight is 368 g/mol. The van der Waals surface area contributed by atoms with Gasteiger partial charge < -0.3 is 24.8 Å². The zero-order valence-electron chi connectivity index (χ0n) is 16.0. The first-order chi connectivity index (χ1) is 11.1. The minimum Gasteiger partial charge on any atom is -0.444 e. The van der Waals surface area contributed by atoms with Crippen molar-refractivity contribution in [2.75, 3.05) is 20.2 Å². The number of nitrogens with two attached hydrogens (primary N) is 1. The minimum atomic E-state index is -3.22. The number of halogens is 2. The van der Waals surface area contributed by atoms with Gasteiger partial charge in [-0.05, 0) is 41.5 Å². The quantitative estimate of drug-likeness (QED) is 0.724. The molecule has 1 amide bonds. The predicted molar refractivity (Wildman–Crippen MR) is 88.6 cm³/mol. The molecule has 0 heterocycles. The van der Waals surface area contributed by atoms with Crippen LogP contribution in [0.4, 0.5) is 18.4 Å². The number of hydrogen-bond donors (Lipinski definition) is 1. The third-order valence-corrected chi connectivity index (χ3v) is 2.85. The second kappa shape index (κ2) is 8.64. The molecule has 0 unspecified atom stereocenters. The van der Waals surface area contributed by atoms with Crippen LogP contribution in [0.5, 0.6) is 0 Å². The Kier molecular flexibility index (Phi) is 8.07. The summed E-state index contributed by atoms with van der Waals surface area (Å²) in [5.41, 5.74) is 3.47. The molecule has 0 aromatic carbocycles. The van der Waals surface area contributed by atoms with Gasteiger partial charge in [-0.1, -0.05) is 0 Å². The highest BCUT2D eigenvalue weighted by atomic mass is 19.3. The SMILES string of the molecule is CN(C(=O)OC(C)(C)C)[C@H](COC(=O)OC(C)(C)C)CC(F)(F)CN. The first-order valence-electron chi connectivity index (χ1n) is 7.96. The molecule has 25 heavy (non-hydrogen) atoms. The third-order valence-electron chi connectivity index (χ3n) is 2.85. The Morgan fingerprint density at radius 3 is 1.92 bits per heavy atom. The molecule has 0 rings (SSSR count). The maximum atomic E-state index is 13.7. The molecule has 0 fully saturated rings. The van der Waals surface area contributed by atoms with Crippen LogP contribution in [0.25, 0.3) is 0 Å². The molecule has 0 aliphatic rings. The Morgan fingerprint density at radius 1 is 1.04 bits per heavy atom. The standard InChI is InChI=1S/C16H30F2N2O5/c1-14(2,3)24-12(21)20(7)11(8-16(17,18)10-19)9-23-13(22)25-15(4,5)6/h11H,8-10,19H2,1-7H3/t11-/m0/s1. The molecular weight excluding hydrogens is 338 g/mol. The molecule has 0 aliphatic carbocycles. The number of alkyl halides is 2. The fourth-order valence-corrected chi connectivity index (χ4v) is 1.66. The van der Waals surface area contributed by atoms with Gasteiger partial charge in [0.25, 0.3) is 5.92 Å². The van der Waals surface area contributed by atoms with E-state index in [4.69, 9.17) is 19.9 Å². The number of rotatable bonds is 6. The van der Waals surface area contributed by atoms with Gasteiger partial charge >= 0.3 is 12.2 Å². The molecule has 2 N–H and O–H groups in total. The van der Waals surface area contributed by atoms with Crippen LogP contribution in [0.2, 0.25) is 0 Å². The van der Waals surface area contributed by atoms with Gasteiger partial charge in [-0.3, -0.25) is 0 Å². The summed E-state index contributed by atoms with van der Waals surface area (Å²) in [5, 5.41) is 0. The molecule has 0 aromatic rings. The summed E-state index contributed by atoms with van der Waals surface area (Å²) >= 11 is 0. The van der Waals surface area contributed by atoms with Gasteiger partial charge in [-0.2, -0.15) is 0 Å². The van der Waals surface area contributed by atoms with E-state index in [1.165, 1.54) is 7.05 Å². The lowest BCUT2D eigenvalue weighted by Gasteiger charge is -2.32. The van der Waals surface area contributed by atoms with Crippen LogP contribution in [0.3, 0.4) is 0 Å². The largest absolute Gasteiger partial charge is 0.508 e. The Morgan fingerprint density at radius 2 is 1.52 bits per heavy atom. The van der Waals surface area contributed by atoms with E-state index in [9.17, 15) is 18.4 Å². The summed E-state index contributed by atoms with van der Waals surface area (Å²) in [5.74, 6) is -3.22. The second-order valence-electron chi connectivity index (χ2n) is 7.78. The van der Waals surface area contributed by atoms with Crippen LogP contribution in [0.1, 0.15) is 48.0 Å². The zero-order valence-corrected chi connectivity index (χ0v) is 16.0. The molecule has 9 heteroatoms. The fraction of sp³-hybridized carbons (Fsp3) is 0.875. The predicted octanol–water partition coefficient (Wildman–Crippen LogP) is 3.16. The molecular formula is C16H30F2N2O5. The van der Waals surface area contributed by atoms with Crippen LogP contribution < -0.4 is 5.73 Å². The van der Waals surface area contributed by atoms with Gasteiger partial charge in [-0.25, -0.2) is 18.4 Å². The third kappa shape index (κ3) is 10.8. The first-order valence-corrected chi connectivity index (χ1v) is 7.96. The van der Waals surface area contributed by atoms with E-state index in [1.807, 2.05) is 0 Å². The molecule has 148 valence electrons. The first kappa shape index (κ1) is 23.4. The minimum absolute atomic E-state index is 0.472. The normalized spacial score (nSPS) is 13.8. The highest BCUT2D eigenvalue weighted by Gasteiger charge is 2.36. The van der Waals surface area contributed by atoms with Crippen molar-refractivity contribution in [3.05, 3.63) is 0 Å². The van der Waals surface area contributed by atoms with E-state index in [0.717, 1.165) is 4.90 Å². The van der Waals surface area contributed by atoms with E-state index < -0.39 is 55.0 Å². The van der Waals surface area contributed by atoms with Crippen molar-refractivity contribution in [2.45, 2.75) is 71.1 Å². The summed E-state index contributed by atoms with van der Waals surface area (Å²) < 4.78 is 42.4. The van der Waals surface area contributed by atoms with Gasteiger partial charge in [-0.15, -0.1) is 0 Å². The Bertz CT molecular complexity index is 458. The highest BCUT2D eigenvalue weighted by molar-refractivity contribution is 5.68. The average Bonchev–Trinajstić information content (AvgIpc) is 2.38. The van der Waals surface area contributed by atoms with Gasteiger partial charge in [0, 0.05) is 13.5 Å². The van der Waals surface area contributed by atoms with Gasteiger partial charge in [0.1, 0.15) is 17.8 Å². The lowest BCUT2D eigenvalue weighted by Crippen LogP contribution is -2.47. The summed E-state index contributed by atoms with van der Waals surface area (Å²) in [4.78, 5) is 24.7. The van der Waals surface area contributed by atoms with Crippen LogP contribution in [0.15, 0.2) is 0 Å².